The number of carbonyl (C=O) groups excluding carboxylic acids is 2. The van der Waals surface area contributed by atoms with Gasteiger partial charge in [-0.2, -0.15) is 0 Å². The highest BCUT2D eigenvalue weighted by Gasteiger charge is 2.16. The minimum atomic E-state index is -0.552. The van der Waals surface area contributed by atoms with Gasteiger partial charge < -0.3 is 9.47 Å². The summed E-state index contributed by atoms with van der Waals surface area (Å²) in [5, 5.41) is 0. The number of ether oxygens (including phenoxy) is 2. The van der Waals surface area contributed by atoms with Crippen LogP contribution in [0.3, 0.4) is 0 Å². The average Bonchev–Trinajstić information content (AvgIpc) is 3.01. The Hall–Kier alpha value is -4.96. The SMILES string of the molecule is CC(C)(C)c1ccc(-c2ccc(OC(=O)c3cccc(C(=O)Oc4ccc(-c5ccc(C(C)(C)C)cc5)cc4)c3)cc2)cc1. The quantitative estimate of drug-likeness (QED) is 0.148. The molecule has 0 aliphatic heterocycles. The second-order valence-corrected chi connectivity index (χ2v) is 13.1. The molecule has 0 aliphatic carbocycles. The number of rotatable bonds is 6. The summed E-state index contributed by atoms with van der Waals surface area (Å²) in [7, 11) is 0. The molecular weight excluding hydrogens is 544 g/mol. The van der Waals surface area contributed by atoms with Gasteiger partial charge in [-0.05, 0) is 86.7 Å². The van der Waals surface area contributed by atoms with Crippen molar-refractivity contribution in [3.8, 4) is 33.8 Å². The van der Waals surface area contributed by atoms with Crippen LogP contribution in [-0.2, 0) is 10.8 Å². The second-order valence-electron chi connectivity index (χ2n) is 13.1. The summed E-state index contributed by atoms with van der Waals surface area (Å²) < 4.78 is 11.2. The van der Waals surface area contributed by atoms with E-state index in [-0.39, 0.29) is 22.0 Å². The molecule has 0 atom stereocenters. The third-order valence-corrected chi connectivity index (χ3v) is 7.63. The first kappa shape index (κ1) is 30.5. The molecule has 0 aromatic heterocycles. The fourth-order valence-corrected chi connectivity index (χ4v) is 4.86. The molecule has 0 bridgehead atoms. The predicted molar refractivity (Wildman–Crippen MR) is 178 cm³/mol. The van der Waals surface area contributed by atoms with Gasteiger partial charge >= 0.3 is 11.9 Å². The fourth-order valence-electron chi connectivity index (χ4n) is 4.86. The Bertz CT molecular complexity index is 1620. The third-order valence-electron chi connectivity index (χ3n) is 7.63. The zero-order valence-electron chi connectivity index (χ0n) is 26.2. The molecule has 222 valence electrons. The number of hydrogen-bond donors (Lipinski definition) is 0. The standard InChI is InChI=1S/C40H38O4/c1-39(2,3)33-18-10-27(11-19-33)29-14-22-35(23-15-29)43-37(41)31-8-7-9-32(26-31)38(42)44-36-24-16-30(17-25-36)28-12-20-34(21-13-28)40(4,5)6/h7-26H,1-6H3. The van der Waals surface area contributed by atoms with E-state index in [1.165, 1.54) is 17.2 Å². The van der Waals surface area contributed by atoms with Crippen LogP contribution in [0.2, 0.25) is 0 Å². The molecule has 5 aromatic carbocycles. The maximum absolute atomic E-state index is 12.9. The van der Waals surface area contributed by atoms with Crippen molar-refractivity contribution in [1.82, 2.24) is 0 Å². The highest BCUT2D eigenvalue weighted by molar-refractivity contribution is 5.96. The molecule has 44 heavy (non-hydrogen) atoms. The van der Waals surface area contributed by atoms with E-state index in [4.69, 9.17) is 9.47 Å². The Morgan fingerprint density at radius 3 is 1.02 bits per heavy atom. The minimum Gasteiger partial charge on any atom is -0.423 e. The number of benzene rings is 5. The van der Waals surface area contributed by atoms with Crippen LogP contribution in [-0.4, -0.2) is 11.9 Å². The lowest BCUT2D eigenvalue weighted by atomic mass is 9.86. The Morgan fingerprint density at radius 1 is 0.432 bits per heavy atom. The highest BCUT2D eigenvalue weighted by Crippen LogP contribution is 2.29. The molecule has 0 heterocycles. The molecule has 0 N–H and O–H groups in total. The number of esters is 2. The van der Waals surface area contributed by atoms with Crippen LogP contribution in [0.5, 0.6) is 11.5 Å². The van der Waals surface area contributed by atoms with E-state index in [1.54, 1.807) is 42.5 Å². The van der Waals surface area contributed by atoms with Gasteiger partial charge in [0.25, 0.3) is 0 Å². The molecule has 0 saturated heterocycles. The fraction of sp³-hybridized carbons (Fsp3) is 0.200. The van der Waals surface area contributed by atoms with Gasteiger partial charge in [-0.15, -0.1) is 0 Å². The van der Waals surface area contributed by atoms with Crippen LogP contribution in [0, 0.1) is 0 Å². The van der Waals surface area contributed by atoms with Crippen molar-refractivity contribution in [2.45, 2.75) is 52.4 Å². The first-order chi connectivity index (χ1) is 20.9. The summed E-state index contributed by atoms with van der Waals surface area (Å²) in [6, 6.07) is 38.1. The van der Waals surface area contributed by atoms with Crippen molar-refractivity contribution in [1.29, 1.82) is 0 Å². The third kappa shape index (κ3) is 7.33. The van der Waals surface area contributed by atoms with Gasteiger partial charge in [0.2, 0.25) is 0 Å². The summed E-state index contributed by atoms with van der Waals surface area (Å²) in [6.07, 6.45) is 0. The smallest absolute Gasteiger partial charge is 0.343 e. The second kappa shape index (κ2) is 12.3. The van der Waals surface area contributed by atoms with Crippen LogP contribution >= 0.6 is 0 Å². The number of carbonyl (C=O) groups is 2. The van der Waals surface area contributed by atoms with Crippen LogP contribution in [0.15, 0.2) is 121 Å². The Labute approximate surface area is 260 Å². The van der Waals surface area contributed by atoms with Crippen molar-refractivity contribution < 1.29 is 19.1 Å². The normalized spacial score (nSPS) is 11.6. The zero-order valence-corrected chi connectivity index (χ0v) is 26.2. The largest absolute Gasteiger partial charge is 0.423 e. The Morgan fingerprint density at radius 2 is 0.727 bits per heavy atom. The highest BCUT2D eigenvalue weighted by atomic mass is 16.5. The van der Waals surface area contributed by atoms with Gasteiger partial charge in [0.1, 0.15) is 11.5 Å². The van der Waals surface area contributed by atoms with Crippen LogP contribution in [0.1, 0.15) is 73.4 Å². The molecule has 0 amide bonds. The van der Waals surface area contributed by atoms with Gasteiger partial charge in [0.05, 0.1) is 11.1 Å². The van der Waals surface area contributed by atoms with Crippen LogP contribution in [0.25, 0.3) is 22.3 Å². The van der Waals surface area contributed by atoms with E-state index in [2.05, 4.69) is 90.1 Å². The Kier molecular flexibility index (Phi) is 8.55. The van der Waals surface area contributed by atoms with Crippen molar-refractivity contribution in [3.05, 3.63) is 144 Å². The van der Waals surface area contributed by atoms with Gasteiger partial charge in [-0.1, -0.05) is 120 Å². The molecule has 4 nitrogen and oxygen atoms in total. The lowest BCUT2D eigenvalue weighted by molar-refractivity contribution is 0.0734. The first-order valence-electron chi connectivity index (χ1n) is 14.8. The molecule has 0 aliphatic rings. The first-order valence-corrected chi connectivity index (χ1v) is 14.8. The molecule has 4 heteroatoms. The van der Waals surface area contributed by atoms with E-state index >= 15 is 0 Å². The van der Waals surface area contributed by atoms with Gasteiger partial charge in [0, 0.05) is 0 Å². The Balaban J connectivity index is 1.20. The molecule has 0 saturated carbocycles. The van der Waals surface area contributed by atoms with Gasteiger partial charge in [-0.3, -0.25) is 0 Å². The lowest BCUT2D eigenvalue weighted by Gasteiger charge is -2.19. The monoisotopic (exact) mass is 582 g/mol. The average molecular weight is 583 g/mol. The van der Waals surface area contributed by atoms with E-state index in [1.807, 2.05) is 24.3 Å². The summed E-state index contributed by atoms with van der Waals surface area (Å²) >= 11 is 0. The van der Waals surface area contributed by atoms with E-state index in [9.17, 15) is 9.59 Å². The molecule has 0 radical (unpaired) electrons. The molecule has 5 rings (SSSR count). The summed E-state index contributed by atoms with van der Waals surface area (Å²) in [4.78, 5) is 25.8. The molecule has 0 unspecified atom stereocenters. The summed E-state index contributed by atoms with van der Waals surface area (Å²) in [5.74, 6) is -0.259. The zero-order chi connectivity index (χ0) is 31.5. The van der Waals surface area contributed by atoms with Crippen molar-refractivity contribution >= 4 is 11.9 Å². The van der Waals surface area contributed by atoms with Crippen LogP contribution in [0.4, 0.5) is 0 Å². The summed E-state index contributed by atoms with van der Waals surface area (Å²) in [6.45, 7) is 13.1. The lowest BCUT2D eigenvalue weighted by Crippen LogP contribution is -2.12. The van der Waals surface area contributed by atoms with E-state index in [0.717, 1.165) is 22.3 Å². The molecular formula is C40H38O4. The van der Waals surface area contributed by atoms with Crippen molar-refractivity contribution in [2.75, 3.05) is 0 Å². The van der Waals surface area contributed by atoms with E-state index < -0.39 is 11.9 Å². The minimum absolute atomic E-state index is 0.0933. The number of hydrogen-bond acceptors (Lipinski definition) is 4. The van der Waals surface area contributed by atoms with E-state index in [0.29, 0.717) is 11.5 Å². The molecule has 0 spiro atoms. The predicted octanol–water partition coefficient (Wildman–Crippen LogP) is 10.1. The molecule has 0 fully saturated rings. The maximum atomic E-state index is 12.9. The molecule has 5 aromatic rings. The topological polar surface area (TPSA) is 52.6 Å². The van der Waals surface area contributed by atoms with Gasteiger partial charge in [-0.25, -0.2) is 9.59 Å². The summed E-state index contributed by atoms with van der Waals surface area (Å²) in [5.41, 5.74) is 7.49. The maximum Gasteiger partial charge on any atom is 0.343 e. The van der Waals surface area contributed by atoms with Gasteiger partial charge in [0.15, 0.2) is 0 Å². The van der Waals surface area contributed by atoms with Crippen molar-refractivity contribution in [2.24, 2.45) is 0 Å². The van der Waals surface area contributed by atoms with Crippen molar-refractivity contribution in [3.63, 3.8) is 0 Å². The van der Waals surface area contributed by atoms with Crippen LogP contribution < -0.4 is 9.47 Å².